The van der Waals surface area contributed by atoms with Gasteiger partial charge in [0.2, 0.25) is 0 Å². The van der Waals surface area contributed by atoms with E-state index < -0.39 is 0 Å². The fourth-order valence-corrected chi connectivity index (χ4v) is 5.52. The fourth-order valence-electron chi connectivity index (χ4n) is 5.52. The molecule has 1 aliphatic carbocycles. The van der Waals surface area contributed by atoms with E-state index in [0.717, 1.165) is 55.5 Å². The highest BCUT2D eigenvalue weighted by Gasteiger charge is 2.56. The maximum Gasteiger partial charge on any atom is 0.179 e. The lowest BCUT2D eigenvalue weighted by Gasteiger charge is -2.58. The molecule has 4 heterocycles. The molecule has 1 saturated heterocycles. The molecule has 0 unspecified atom stereocenters. The van der Waals surface area contributed by atoms with Crippen LogP contribution in [0.25, 0.3) is 22.5 Å². The molecule has 172 valence electrons. The molecule has 0 radical (unpaired) electrons. The van der Waals surface area contributed by atoms with Gasteiger partial charge in [-0.2, -0.15) is 20.7 Å². The van der Waals surface area contributed by atoms with Crippen LogP contribution in [0.15, 0.2) is 41.9 Å². The number of allylic oxidation sites excluding steroid dienone is 1. The minimum atomic E-state index is -0.327. The van der Waals surface area contributed by atoms with Crippen molar-refractivity contribution in [1.82, 2.24) is 29.3 Å². The Hall–Kier alpha value is -4.18. The maximum absolute atomic E-state index is 9.60. The summed E-state index contributed by atoms with van der Waals surface area (Å²) < 4.78 is 3.71. The normalized spacial score (nSPS) is 19.3. The minimum Gasteiger partial charge on any atom is -0.397 e. The first kappa shape index (κ1) is 21.7. The van der Waals surface area contributed by atoms with Crippen LogP contribution in [-0.2, 0) is 5.54 Å². The summed E-state index contributed by atoms with van der Waals surface area (Å²) in [5.41, 5.74) is 9.59. The molecule has 2 N–H and O–H groups in total. The minimum absolute atomic E-state index is 0.188. The lowest BCUT2D eigenvalue weighted by Crippen LogP contribution is -2.56. The van der Waals surface area contributed by atoms with Gasteiger partial charge in [-0.1, -0.05) is 0 Å². The van der Waals surface area contributed by atoms with E-state index in [9.17, 15) is 10.5 Å². The Balaban J connectivity index is 1.47. The summed E-state index contributed by atoms with van der Waals surface area (Å²) >= 11 is 0. The van der Waals surface area contributed by atoms with Gasteiger partial charge in [-0.3, -0.25) is 9.67 Å². The Bertz CT molecular complexity index is 1350. The van der Waals surface area contributed by atoms with Crippen LogP contribution in [0.1, 0.15) is 37.8 Å². The Labute approximate surface area is 197 Å². The lowest BCUT2D eigenvalue weighted by molar-refractivity contribution is -0.0679. The predicted molar refractivity (Wildman–Crippen MR) is 127 cm³/mol. The Kier molecular flexibility index (Phi) is 5.29. The molecule has 34 heavy (non-hydrogen) atoms. The number of hydrogen-bond donors (Lipinski definition) is 1. The van der Waals surface area contributed by atoms with Crippen molar-refractivity contribution in [2.45, 2.75) is 37.6 Å². The molecular weight excluding hydrogens is 428 g/mol. The summed E-state index contributed by atoms with van der Waals surface area (Å²) in [5.74, 6) is 0. The number of piperidine rings is 1. The van der Waals surface area contributed by atoms with Gasteiger partial charge in [0.15, 0.2) is 6.19 Å². The third-order valence-corrected chi connectivity index (χ3v) is 7.21. The van der Waals surface area contributed by atoms with Gasteiger partial charge in [0.25, 0.3) is 0 Å². The van der Waals surface area contributed by atoms with E-state index in [1.54, 1.807) is 42.4 Å². The summed E-state index contributed by atoms with van der Waals surface area (Å²) in [4.78, 5) is 10.6. The highest BCUT2D eigenvalue weighted by atomic mass is 15.3. The van der Waals surface area contributed by atoms with Crippen LogP contribution < -0.4 is 5.73 Å². The number of aliphatic imine (C=N–C) groups is 1. The van der Waals surface area contributed by atoms with Crippen LogP contribution in [0.4, 0.5) is 0 Å². The zero-order chi connectivity index (χ0) is 23.8. The van der Waals surface area contributed by atoms with Crippen molar-refractivity contribution in [3.63, 3.8) is 0 Å². The van der Waals surface area contributed by atoms with Crippen molar-refractivity contribution in [2.24, 2.45) is 16.1 Å². The van der Waals surface area contributed by atoms with E-state index in [4.69, 9.17) is 15.8 Å². The second kappa shape index (κ2) is 8.31. The van der Waals surface area contributed by atoms with Gasteiger partial charge in [0.05, 0.1) is 53.5 Å². The van der Waals surface area contributed by atoms with Crippen molar-refractivity contribution in [2.75, 3.05) is 20.1 Å². The number of aromatic nitrogens is 5. The summed E-state index contributed by atoms with van der Waals surface area (Å²) in [5, 5.41) is 27.8. The first-order valence-electron chi connectivity index (χ1n) is 11.3. The molecule has 3 aromatic rings. The van der Waals surface area contributed by atoms with Gasteiger partial charge in [0.1, 0.15) is 5.69 Å². The van der Waals surface area contributed by atoms with Crippen molar-refractivity contribution in [3.8, 4) is 23.5 Å². The Morgan fingerprint density at radius 3 is 2.74 bits per heavy atom. The molecule has 1 aliphatic heterocycles. The first-order valence-corrected chi connectivity index (χ1v) is 11.3. The number of likely N-dealkylation sites (tertiary alicyclic amines) is 1. The van der Waals surface area contributed by atoms with Crippen LogP contribution >= 0.6 is 0 Å². The maximum atomic E-state index is 9.60. The molecule has 2 aliphatic rings. The molecule has 0 aromatic carbocycles. The monoisotopic (exact) mass is 454 g/mol. The highest BCUT2D eigenvalue weighted by Crippen LogP contribution is 2.59. The topological polar surface area (TPSA) is 137 Å². The van der Waals surface area contributed by atoms with Crippen LogP contribution in [0.5, 0.6) is 0 Å². The van der Waals surface area contributed by atoms with E-state index >= 15 is 0 Å². The zero-order valence-electron chi connectivity index (χ0n) is 19.1. The summed E-state index contributed by atoms with van der Waals surface area (Å²) in [6, 6.07) is 4.29. The molecule has 10 heteroatoms. The summed E-state index contributed by atoms with van der Waals surface area (Å²) in [6.07, 6.45) is 17.1. The molecular formula is C24H26N10. The standard InChI is InChI=1S/C24H26N10/c1-28-8-2-19(27)20-14-33-21(3-9-29-33)22(31-20)18-12-30-34(13-18)24(4-7-25)15-23(16-24)5-10-32(17-26)11-6-23/h2-3,8-9,12-14H,4-6,10-11,15-16,27H2,1H3. The third-order valence-electron chi connectivity index (χ3n) is 7.21. The molecule has 1 spiro atoms. The second-order valence-corrected chi connectivity index (χ2v) is 9.34. The molecule has 0 atom stereocenters. The van der Waals surface area contributed by atoms with E-state index in [1.807, 2.05) is 21.8 Å². The number of rotatable bonds is 5. The summed E-state index contributed by atoms with van der Waals surface area (Å²) in [6.45, 7) is 1.58. The largest absolute Gasteiger partial charge is 0.397 e. The first-order chi connectivity index (χ1) is 16.5. The van der Waals surface area contributed by atoms with Gasteiger partial charge < -0.3 is 10.6 Å². The molecule has 0 bridgehead atoms. The molecule has 1 saturated carbocycles. The third kappa shape index (κ3) is 3.57. The van der Waals surface area contributed by atoms with Crippen molar-refractivity contribution >= 4 is 17.4 Å². The average molecular weight is 455 g/mol. The SMILES string of the molecule is CN=CC=C(N)c1cn2nccc2c(-c2cnn(C3(CC#N)CC4(CCN(C#N)CC4)C3)c2)n1. The number of fused-ring (bicyclic) bond motifs is 1. The Morgan fingerprint density at radius 2 is 2.03 bits per heavy atom. The van der Waals surface area contributed by atoms with Gasteiger partial charge in [-0.15, -0.1) is 0 Å². The van der Waals surface area contributed by atoms with Crippen LogP contribution in [0.2, 0.25) is 0 Å². The second-order valence-electron chi connectivity index (χ2n) is 9.34. The molecule has 0 amide bonds. The molecule has 2 fully saturated rings. The van der Waals surface area contributed by atoms with E-state index in [-0.39, 0.29) is 11.0 Å². The molecule has 5 rings (SSSR count). The zero-order valence-corrected chi connectivity index (χ0v) is 19.1. The average Bonchev–Trinajstić information content (AvgIpc) is 3.51. The number of nitrogens with two attached hydrogens (primary N) is 1. The molecule has 10 nitrogen and oxygen atoms in total. The van der Waals surface area contributed by atoms with Crippen molar-refractivity contribution in [1.29, 1.82) is 10.5 Å². The van der Waals surface area contributed by atoms with Gasteiger partial charge in [0, 0.05) is 38.1 Å². The van der Waals surface area contributed by atoms with Gasteiger partial charge in [-0.05, 0) is 43.2 Å². The van der Waals surface area contributed by atoms with Gasteiger partial charge in [-0.25, -0.2) is 9.50 Å². The van der Waals surface area contributed by atoms with Gasteiger partial charge >= 0.3 is 0 Å². The van der Waals surface area contributed by atoms with Crippen LogP contribution in [0.3, 0.4) is 0 Å². The number of nitrogens with zero attached hydrogens (tertiary/aromatic N) is 9. The molecule has 3 aromatic heterocycles. The van der Waals surface area contributed by atoms with Crippen molar-refractivity contribution in [3.05, 3.63) is 42.6 Å². The number of nitriles is 2. The predicted octanol–water partition coefficient (Wildman–Crippen LogP) is 2.56. The Morgan fingerprint density at radius 1 is 1.24 bits per heavy atom. The van der Waals surface area contributed by atoms with E-state index in [1.165, 1.54) is 0 Å². The lowest BCUT2D eigenvalue weighted by atomic mass is 9.52. The highest BCUT2D eigenvalue weighted by molar-refractivity contribution is 5.84. The smallest absolute Gasteiger partial charge is 0.179 e. The number of hydrogen-bond acceptors (Lipinski definition) is 8. The van der Waals surface area contributed by atoms with E-state index in [2.05, 4.69) is 22.4 Å². The quantitative estimate of drug-likeness (QED) is 0.462. The van der Waals surface area contributed by atoms with Crippen molar-refractivity contribution < 1.29 is 0 Å². The fraction of sp³-hybridized carbons (Fsp3) is 0.417. The van der Waals surface area contributed by atoms with E-state index in [0.29, 0.717) is 17.8 Å². The summed E-state index contributed by atoms with van der Waals surface area (Å²) in [7, 11) is 1.68. The van der Waals surface area contributed by atoms with Crippen LogP contribution in [0, 0.1) is 28.2 Å². The van der Waals surface area contributed by atoms with Crippen LogP contribution in [-0.4, -0.2) is 55.6 Å².